The smallest absolute Gasteiger partial charge is 0.230 e. The number of aliphatic hydroxyl groups is 3. The van der Waals surface area contributed by atoms with Gasteiger partial charge in [-0.25, -0.2) is 4.39 Å². The van der Waals surface area contributed by atoms with Gasteiger partial charge in [0.2, 0.25) is 5.91 Å². The molecule has 0 aromatic heterocycles. The number of thioether (sulfide) groups is 1. The predicted octanol–water partition coefficient (Wildman–Crippen LogP) is 7.79. The van der Waals surface area contributed by atoms with E-state index in [9.17, 15) is 24.5 Å². The van der Waals surface area contributed by atoms with Crippen LogP contribution in [0.5, 0.6) is 0 Å². The molecular formula is C37H42FNO5S. The number of allylic oxidation sites excluding steroid dienone is 3. The lowest BCUT2D eigenvalue weighted by Gasteiger charge is -2.42. The van der Waals surface area contributed by atoms with Gasteiger partial charge in [0, 0.05) is 29.4 Å². The lowest BCUT2D eigenvalue weighted by atomic mass is 9.84. The fraction of sp³-hybridized carbons (Fsp3) is 0.324. The summed E-state index contributed by atoms with van der Waals surface area (Å²) in [4.78, 5) is 15.5. The summed E-state index contributed by atoms with van der Waals surface area (Å²) in [5.41, 5.74) is 4.72. The summed E-state index contributed by atoms with van der Waals surface area (Å²) < 4.78 is 18.1. The van der Waals surface area contributed by atoms with E-state index in [1.807, 2.05) is 55.2 Å². The number of aliphatic hydroxyl groups excluding tert-OH is 3. The molecule has 3 aromatic rings. The van der Waals surface area contributed by atoms with E-state index in [1.54, 1.807) is 30.0 Å². The van der Waals surface area contributed by atoms with Crippen LogP contribution in [0.15, 0.2) is 114 Å². The van der Waals surface area contributed by atoms with Gasteiger partial charge in [-0.1, -0.05) is 61.5 Å². The Morgan fingerprint density at radius 1 is 1.09 bits per heavy atom. The maximum Gasteiger partial charge on any atom is 0.230 e. The quantitative estimate of drug-likeness (QED) is 0.0916. The zero-order valence-corrected chi connectivity index (χ0v) is 26.6. The first-order valence-corrected chi connectivity index (χ1v) is 16.3. The minimum atomic E-state index is -0.462. The minimum Gasteiger partial charge on any atom is -0.516 e. The third kappa shape index (κ3) is 9.41. The fourth-order valence-electron chi connectivity index (χ4n) is 5.42. The lowest BCUT2D eigenvalue weighted by Crippen LogP contribution is -2.54. The van der Waals surface area contributed by atoms with Gasteiger partial charge in [-0.05, 0) is 84.5 Å². The number of anilines is 1. The van der Waals surface area contributed by atoms with Crippen LogP contribution < -0.4 is 4.90 Å². The number of hydrogen-bond acceptors (Lipinski definition) is 6. The zero-order chi connectivity index (χ0) is 32.2. The molecule has 5 rings (SSSR count). The number of carbonyl (C=O) groups is 1. The van der Waals surface area contributed by atoms with Gasteiger partial charge in [0.15, 0.2) is 0 Å². The van der Waals surface area contributed by atoms with Crippen molar-refractivity contribution in [2.45, 2.75) is 68.8 Å². The van der Waals surface area contributed by atoms with Crippen molar-refractivity contribution in [3.63, 3.8) is 0 Å². The monoisotopic (exact) mass is 631 g/mol. The van der Waals surface area contributed by atoms with Gasteiger partial charge >= 0.3 is 0 Å². The highest BCUT2D eigenvalue weighted by atomic mass is 32.2. The summed E-state index contributed by atoms with van der Waals surface area (Å²) in [5, 5.41) is 28.5. The zero-order valence-electron chi connectivity index (χ0n) is 25.8. The van der Waals surface area contributed by atoms with E-state index < -0.39 is 6.10 Å². The Hall–Kier alpha value is -3.69. The summed E-state index contributed by atoms with van der Waals surface area (Å²) in [6.07, 6.45) is 8.43. The third-order valence-corrected chi connectivity index (χ3v) is 9.03. The number of β-lactam (4-membered cyclic amide) rings is 1. The standard InChI is InChI=1S/C28H31NO4S.C9H11FO/c1-2-25(20-10-12-24(13-11-20)34-19-23-17-22(31)14-16-33-23)26(9-6-15-30)27-18-28(32)29(27)21-7-4-3-5-8-21;1-2-9(11)7-3-5-8(10)6-4-7/h2-13,15,22-23,27,30-31H,14,16-19H2,1H3;3-6,9,11H,2H2,1H3/b15-6+,25-2-,26-9+;. The topological polar surface area (TPSA) is 90.2 Å². The van der Waals surface area contributed by atoms with Gasteiger partial charge in [-0.2, -0.15) is 0 Å². The number of nitrogens with zero attached hydrogens (tertiary/aromatic N) is 1. The molecule has 0 aliphatic carbocycles. The van der Waals surface area contributed by atoms with Crippen LogP contribution in [-0.2, 0) is 9.53 Å². The number of carbonyl (C=O) groups excluding carboxylic acids is 1. The summed E-state index contributed by atoms with van der Waals surface area (Å²) in [6.45, 7) is 4.50. The second-order valence-corrected chi connectivity index (χ2v) is 12.1. The molecule has 2 saturated heterocycles. The number of para-hydroxylation sites is 1. The molecule has 0 radical (unpaired) electrons. The Kier molecular flexibility index (Phi) is 13.0. The fourth-order valence-corrected chi connectivity index (χ4v) is 6.36. The Balaban J connectivity index is 0.000000354. The second-order valence-electron chi connectivity index (χ2n) is 11.0. The molecular weight excluding hydrogens is 589 g/mol. The normalized spacial score (nSPS) is 21.2. The SMILES string of the molecule is CCC(O)c1ccc(F)cc1.C\C=C(/C(=C\C=C\O)C1CC(=O)N1c1ccccc1)c1ccc(SCC2CC(O)CCO2)cc1. The highest BCUT2D eigenvalue weighted by Crippen LogP contribution is 2.38. The maximum atomic E-state index is 12.5. The van der Waals surface area contributed by atoms with Crippen LogP contribution in [0.1, 0.15) is 56.8 Å². The average molecular weight is 632 g/mol. The van der Waals surface area contributed by atoms with Gasteiger partial charge in [0.25, 0.3) is 0 Å². The van der Waals surface area contributed by atoms with E-state index >= 15 is 0 Å². The van der Waals surface area contributed by atoms with Crippen LogP contribution in [0.2, 0.25) is 0 Å². The second kappa shape index (κ2) is 17.1. The van der Waals surface area contributed by atoms with Gasteiger partial charge in [0.05, 0.1) is 37.0 Å². The first-order valence-electron chi connectivity index (χ1n) is 15.4. The summed E-state index contributed by atoms with van der Waals surface area (Å²) in [7, 11) is 0. The van der Waals surface area contributed by atoms with Crippen LogP contribution in [0.4, 0.5) is 10.1 Å². The van der Waals surface area contributed by atoms with Gasteiger partial charge in [-0.15, -0.1) is 11.8 Å². The number of amides is 1. The van der Waals surface area contributed by atoms with Crippen molar-refractivity contribution in [1.29, 1.82) is 0 Å². The molecule has 2 heterocycles. The summed E-state index contributed by atoms with van der Waals surface area (Å²) >= 11 is 1.73. The average Bonchev–Trinajstić information content (AvgIpc) is 3.06. The Morgan fingerprint density at radius 2 is 1.80 bits per heavy atom. The van der Waals surface area contributed by atoms with Crippen molar-refractivity contribution in [2.75, 3.05) is 17.3 Å². The summed E-state index contributed by atoms with van der Waals surface area (Å²) in [6, 6.07) is 23.9. The summed E-state index contributed by atoms with van der Waals surface area (Å²) in [5.74, 6) is 0.639. The predicted molar refractivity (Wildman–Crippen MR) is 180 cm³/mol. The van der Waals surface area contributed by atoms with Crippen LogP contribution in [-0.4, -0.2) is 51.8 Å². The molecule has 238 valence electrons. The lowest BCUT2D eigenvalue weighted by molar-refractivity contribution is -0.123. The molecule has 2 aliphatic rings. The van der Waals surface area contributed by atoms with Gasteiger partial charge < -0.3 is 25.0 Å². The van der Waals surface area contributed by atoms with Crippen molar-refractivity contribution >= 4 is 28.9 Å². The van der Waals surface area contributed by atoms with E-state index in [0.29, 0.717) is 25.9 Å². The van der Waals surface area contributed by atoms with E-state index in [1.165, 1.54) is 12.1 Å². The van der Waals surface area contributed by atoms with E-state index in [0.717, 1.165) is 51.3 Å². The van der Waals surface area contributed by atoms with Crippen molar-refractivity contribution in [2.24, 2.45) is 0 Å². The Labute approximate surface area is 269 Å². The van der Waals surface area contributed by atoms with Crippen molar-refractivity contribution in [3.05, 3.63) is 126 Å². The Morgan fingerprint density at radius 3 is 2.40 bits per heavy atom. The molecule has 4 unspecified atom stereocenters. The number of ether oxygens (including phenoxy) is 1. The number of halogens is 1. The van der Waals surface area contributed by atoms with E-state index in [2.05, 4.69) is 30.3 Å². The molecule has 45 heavy (non-hydrogen) atoms. The number of rotatable bonds is 10. The van der Waals surface area contributed by atoms with Crippen LogP contribution in [0, 0.1) is 5.82 Å². The van der Waals surface area contributed by atoms with Crippen molar-refractivity contribution < 1.29 is 29.2 Å². The first kappa shape index (κ1) is 34.2. The van der Waals surface area contributed by atoms with Crippen LogP contribution in [0.25, 0.3) is 5.57 Å². The number of hydrogen-bond donors (Lipinski definition) is 3. The van der Waals surface area contributed by atoms with Crippen LogP contribution >= 0.6 is 11.8 Å². The molecule has 0 saturated carbocycles. The maximum absolute atomic E-state index is 12.5. The molecule has 4 atom stereocenters. The van der Waals surface area contributed by atoms with Gasteiger partial charge in [0.1, 0.15) is 5.82 Å². The first-order chi connectivity index (χ1) is 21.8. The highest BCUT2D eigenvalue weighted by molar-refractivity contribution is 7.99. The molecule has 3 aromatic carbocycles. The van der Waals surface area contributed by atoms with Gasteiger partial charge in [-0.3, -0.25) is 4.79 Å². The van der Waals surface area contributed by atoms with E-state index in [-0.39, 0.29) is 30.0 Å². The Bertz CT molecular complexity index is 1460. The third-order valence-electron chi connectivity index (χ3n) is 7.89. The molecule has 2 aliphatic heterocycles. The molecule has 2 fully saturated rings. The van der Waals surface area contributed by atoms with Crippen LogP contribution in [0.3, 0.4) is 0 Å². The molecule has 3 N–H and O–H groups in total. The van der Waals surface area contributed by atoms with Crippen molar-refractivity contribution in [1.82, 2.24) is 0 Å². The largest absolute Gasteiger partial charge is 0.516 e. The minimum absolute atomic E-state index is 0.0828. The molecule has 8 heteroatoms. The molecule has 6 nitrogen and oxygen atoms in total. The molecule has 0 spiro atoms. The van der Waals surface area contributed by atoms with Crippen molar-refractivity contribution in [3.8, 4) is 0 Å². The highest BCUT2D eigenvalue weighted by Gasteiger charge is 2.40. The molecule has 1 amide bonds. The molecule has 0 bridgehead atoms. The van der Waals surface area contributed by atoms with E-state index in [4.69, 9.17) is 4.74 Å². The number of benzene rings is 3.